The zero-order valence-corrected chi connectivity index (χ0v) is 12.6. The van der Waals surface area contributed by atoms with Crippen LogP contribution >= 0.6 is 0 Å². The van der Waals surface area contributed by atoms with Crippen molar-refractivity contribution in [1.29, 1.82) is 0 Å². The molecule has 4 nitrogen and oxygen atoms in total. The van der Waals surface area contributed by atoms with Gasteiger partial charge < -0.3 is 5.11 Å². The van der Waals surface area contributed by atoms with Crippen molar-refractivity contribution in [1.82, 2.24) is 5.43 Å². The van der Waals surface area contributed by atoms with E-state index in [1.165, 1.54) is 37.8 Å². The fraction of sp³-hybridized carbons (Fsp3) is 0.556. The molecule has 0 spiro atoms. The average molecular weight is 298 g/mol. The standard InChI is InChI=1S/C18H22N2O2/c21-17(13-4-2-1-3-5-13)18(22)20-19-16-14-7-11-6-12(9-14)10-15(16)8-11/h1-5,11-12,14-15,17,21H,6-10H2,(H,20,22). The minimum absolute atomic E-state index is 0.437. The fourth-order valence-corrected chi connectivity index (χ4v) is 4.82. The molecule has 4 saturated carbocycles. The Balaban J connectivity index is 1.44. The van der Waals surface area contributed by atoms with Gasteiger partial charge in [-0.25, -0.2) is 5.43 Å². The Bertz CT molecular complexity index is 566. The van der Waals surface area contributed by atoms with E-state index in [0.717, 1.165) is 11.8 Å². The minimum atomic E-state index is -1.15. The molecule has 5 rings (SSSR count). The van der Waals surface area contributed by atoms with E-state index in [1.807, 2.05) is 18.2 Å². The second-order valence-corrected chi connectivity index (χ2v) is 7.13. The van der Waals surface area contributed by atoms with Crippen LogP contribution < -0.4 is 5.43 Å². The smallest absolute Gasteiger partial charge is 0.273 e. The van der Waals surface area contributed by atoms with Gasteiger partial charge in [0.15, 0.2) is 6.10 Å². The number of hydrogen-bond acceptors (Lipinski definition) is 3. The topological polar surface area (TPSA) is 61.7 Å². The molecule has 4 fully saturated rings. The number of carbonyl (C=O) groups excluding carboxylic acids is 1. The van der Waals surface area contributed by atoms with Crippen LogP contribution in [0, 0.1) is 23.7 Å². The van der Waals surface area contributed by atoms with Crippen LogP contribution in [0.15, 0.2) is 35.4 Å². The number of carbonyl (C=O) groups is 1. The highest BCUT2D eigenvalue weighted by molar-refractivity contribution is 5.92. The highest BCUT2D eigenvalue weighted by atomic mass is 16.3. The lowest BCUT2D eigenvalue weighted by Crippen LogP contribution is -2.46. The maximum Gasteiger partial charge on any atom is 0.273 e. The summed E-state index contributed by atoms with van der Waals surface area (Å²) in [6, 6.07) is 8.99. The fourth-order valence-electron chi connectivity index (χ4n) is 4.82. The number of amides is 1. The summed E-state index contributed by atoms with van der Waals surface area (Å²) in [5.74, 6) is 2.45. The Morgan fingerprint density at radius 3 is 2.23 bits per heavy atom. The number of benzene rings is 1. The van der Waals surface area contributed by atoms with Gasteiger partial charge in [0.2, 0.25) is 0 Å². The third-order valence-corrected chi connectivity index (χ3v) is 5.63. The van der Waals surface area contributed by atoms with Gasteiger partial charge in [-0.15, -0.1) is 0 Å². The van der Waals surface area contributed by atoms with Crippen LogP contribution in [0.3, 0.4) is 0 Å². The van der Waals surface area contributed by atoms with Gasteiger partial charge in [0, 0.05) is 5.71 Å². The van der Waals surface area contributed by atoms with Gasteiger partial charge in [0.05, 0.1) is 0 Å². The summed E-state index contributed by atoms with van der Waals surface area (Å²) >= 11 is 0. The van der Waals surface area contributed by atoms with Crippen LogP contribution in [-0.2, 0) is 4.79 Å². The molecule has 1 aromatic rings. The number of aliphatic hydroxyl groups is 1. The second-order valence-electron chi connectivity index (χ2n) is 7.13. The second kappa shape index (κ2) is 5.51. The van der Waals surface area contributed by atoms with Crippen molar-refractivity contribution in [3.63, 3.8) is 0 Å². The molecule has 0 heterocycles. The normalized spacial score (nSPS) is 33.6. The van der Waals surface area contributed by atoms with Gasteiger partial charge in [-0.05, 0) is 61.3 Å². The van der Waals surface area contributed by atoms with Crippen LogP contribution in [0.5, 0.6) is 0 Å². The Morgan fingerprint density at radius 1 is 1.05 bits per heavy atom. The van der Waals surface area contributed by atoms with E-state index in [-0.39, 0.29) is 0 Å². The van der Waals surface area contributed by atoms with Crippen LogP contribution in [0.25, 0.3) is 0 Å². The third kappa shape index (κ3) is 2.45. The first-order chi connectivity index (χ1) is 10.7. The highest BCUT2D eigenvalue weighted by Crippen LogP contribution is 2.52. The van der Waals surface area contributed by atoms with E-state index < -0.39 is 12.0 Å². The van der Waals surface area contributed by atoms with E-state index >= 15 is 0 Å². The predicted molar refractivity (Wildman–Crippen MR) is 84.0 cm³/mol. The quantitative estimate of drug-likeness (QED) is 0.843. The van der Waals surface area contributed by atoms with Gasteiger partial charge in [-0.2, -0.15) is 5.10 Å². The Kier molecular flexibility index (Phi) is 3.49. The molecule has 4 aliphatic carbocycles. The summed E-state index contributed by atoms with van der Waals surface area (Å²) in [6.07, 6.45) is 5.21. The van der Waals surface area contributed by atoms with Crippen molar-refractivity contribution in [3.8, 4) is 0 Å². The number of nitrogens with zero attached hydrogens (tertiary/aromatic N) is 1. The van der Waals surface area contributed by atoms with Crippen LogP contribution in [0.2, 0.25) is 0 Å². The molecule has 0 saturated heterocycles. The van der Waals surface area contributed by atoms with Crippen LogP contribution in [0.1, 0.15) is 43.8 Å². The van der Waals surface area contributed by atoms with Crippen molar-refractivity contribution < 1.29 is 9.90 Å². The first-order valence-corrected chi connectivity index (χ1v) is 8.31. The summed E-state index contributed by atoms with van der Waals surface area (Å²) in [6.45, 7) is 0. The summed E-state index contributed by atoms with van der Waals surface area (Å²) in [4.78, 5) is 12.1. The molecule has 1 amide bonds. The SMILES string of the molecule is O=C(NN=C1C2CC3CC(C2)CC1C3)C(O)c1ccccc1. The molecular weight excluding hydrogens is 276 g/mol. The molecule has 0 aromatic heterocycles. The highest BCUT2D eigenvalue weighted by Gasteiger charge is 2.46. The van der Waals surface area contributed by atoms with E-state index in [0.29, 0.717) is 17.4 Å². The number of rotatable bonds is 3. The molecule has 1 atom stereocenters. The molecule has 4 aliphatic rings. The van der Waals surface area contributed by atoms with Gasteiger partial charge >= 0.3 is 0 Å². The van der Waals surface area contributed by atoms with Crippen molar-refractivity contribution in [2.45, 2.75) is 38.2 Å². The van der Waals surface area contributed by atoms with Crippen molar-refractivity contribution in [2.75, 3.05) is 0 Å². The van der Waals surface area contributed by atoms with Gasteiger partial charge in [0.25, 0.3) is 5.91 Å². The van der Waals surface area contributed by atoms with Crippen molar-refractivity contribution in [3.05, 3.63) is 35.9 Å². The monoisotopic (exact) mass is 298 g/mol. The average Bonchev–Trinajstić information content (AvgIpc) is 2.53. The summed E-state index contributed by atoms with van der Waals surface area (Å²) in [5, 5.41) is 14.5. The van der Waals surface area contributed by atoms with Gasteiger partial charge in [-0.1, -0.05) is 30.3 Å². The lowest BCUT2D eigenvalue weighted by molar-refractivity contribution is -0.129. The Morgan fingerprint density at radius 2 is 1.64 bits per heavy atom. The lowest BCUT2D eigenvalue weighted by Gasteiger charge is -2.50. The largest absolute Gasteiger partial charge is 0.378 e. The lowest BCUT2D eigenvalue weighted by atomic mass is 9.55. The number of hydrazone groups is 1. The summed E-state index contributed by atoms with van der Waals surface area (Å²) in [5.41, 5.74) is 4.39. The number of nitrogens with one attached hydrogen (secondary N) is 1. The number of hydrogen-bond donors (Lipinski definition) is 2. The molecule has 4 bridgehead atoms. The molecule has 1 aromatic carbocycles. The molecule has 2 N–H and O–H groups in total. The zero-order chi connectivity index (χ0) is 15.1. The van der Waals surface area contributed by atoms with E-state index in [9.17, 15) is 9.90 Å². The third-order valence-electron chi connectivity index (χ3n) is 5.63. The maximum atomic E-state index is 12.1. The number of aliphatic hydroxyl groups excluding tert-OH is 1. The molecule has 22 heavy (non-hydrogen) atoms. The summed E-state index contributed by atoms with van der Waals surface area (Å²) < 4.78 is 0. The predicted octanol–water partition coefficient (Wildman–Crippen LogP) is 2.65. The molecule has 1 unspecified atom stereocenters. The zero-order valence-electron chi connectivity index (χ0n) is 12.6. The Hall–Kier alpha value is -1.68. The minimum Gasteiger partial charge on any atom is -0.378 e. The molecule has 116 valence electrons. The Labute approximate surface area is 130 Å². The van der Waals surface area contributed by atoms with E-state index in [1.54, 1.807) is 12.1 Å². The summed E-state index contributed by atoms with van der Waals surface area (Å²) in [7, 11) is 0. The van der Waals surface area contributed by atoms with Crippen molar-refractivity contribution >= 4 is 11.6 Å². The van der Waals surface area contributed by atoms with Crippen LogP contribution in [-0.4, -0.2) is 16.7 Å². The maximum absolute atomic E-state index is 12.1. The molecule has 4 heteroatoms. The molecule has 0 radical (unpaired) electrons. The molecular formula is C18H22N2O2. The van der Waals surface area contributed by atoms with Crippen molar-refractivity contribution in [2.24, 2.45) is 28.8 Å². The van der Waals surface area contributed by atoms with E-state index in [2.05, 4.69) is 10.5 Å². The van der Waals surface area contributed by atoms with Gasteiger partial charge in [-0.3, -0.25) is 4.79 Å². The first kappa shape index (κ1) is 13.9. The first-order valence-electron chi connectivity index (χ1n) is 8.31. The molecule has 0 aliphatic heterocycles. The van der Waals surface area contributed by atoms with Gasteiger partial charge in [0.1, 0.15) is 0 Å². The van der Waals surface area contributed by atoms with Crippen LogP contribution in [0.4, 0.5) is 0 Å². The van der Waals surface area contributed by atoms with E-state index in [4.69, 9.17) is 0 Å².